The third-order valence-corrected chi connectivity index (χ3v) is 8.16. The van der Waals surface area contributed by atoms with E-state index in [-0.39, 0.29) is 53.8 Å². The Morgan fingerprint density at radius 2 is 1.45 bits per heavy atom. The summed E-state index contributed by atoms with van der Waals surface area (Å²) >= 11 is 0. The summed E-state index contributed by atoms with van der Waals surface area (Å²) in [4.78, 5) is 30.0. The maximum absolute atomic E-state index is 14.8. The number of likely N-dealkylation sites (tertiary alicyclic amines) is 1. The molecule has 40 heavy (non-hydrogen) atoms. The fourth-order valence-electron chi connectivity index (χ4n) is 5.73. The number of aromatic hydroxyl groups is 2. The van der Waals surface area contributed by atoms with Crippen LogP contribution in [0.4, 0.5) is 4.39 Å². The SMILES string of the molecule is Cc1c(F)cccc1C1[C@@H](C(=O)c2cccc(O)c2)CN(C[C@H](C)NS(C)(=O)=O)C[C@@H]1C(=O)c1cccc(O)c1. The van der Waals surface area contributed by atoms with Crippen molar-refractivity contribution in [2.24, 2.45) is 11.8 Å². The van der Waals surface area contributed by atoms with Crippen LogP contribution in [0.25, 0.3) is 0 Å². The second-order valence-electron chi connectivity index (χ2n) is 10.5. The van der Waals surface area contributed by atoms with Gasteiger partial charge in [0.2, 0.25) is 10.0 Å². The first kappa shape index (κ1) is 29.4. The van der Waals surface area contributed by atoms with E-state index in [9.17, 15) is 32.6 Å². The lowest BCUT2D eigenvalue weighted by molar-refractivity contribution is 0.0557. The summed E-state index contributed by atoms with van der Waals surface area (Å²) in [7, 11) is -3.50. The lowest BCUT2D eigenvalue weighted by Crippen LogP contribution is -2.53. The molecule has 0 radical (unpaired) electrons. The largest absolute Gasteiger partial charge is 0.508 e. The zero-order chi connectivity index (χ0) is 29.2. The minimum atomic E-state index is -3.50. The Labute approximate surface area is 233 Å². The van der Waals surface area contributed by atoms with Gasteiger partial charge in [-0.3, -0.25) is 9.59 Å². The number of rotatable bonds is 9. The minimum Gasteiger partial charge on any atom is -0.508 e. The topological polar surface area (TPSA) is 124 Å². The Bertz CT molecular complexity index is 1460. The van der Waals surface area contributed by atoms with Crippen molar-refractivity contribution in [1.82, 2.24) is 9.62 Å². The van der Waals surface area contributed by atoms with Gasteiger partial charge in [0.05, 0.1) is 6.26 Å². The number of ketones is 2. The first-order valence-corrected chi connectivity index (χ1v) is 14.8. The van der Waals surface area contributed by atoms with Crippen molar-refractivity contribution in [3.8, 4) is 11.5 Å². The molecular weight excluding hydrogens is 535 g/mol. The van der Waals surface area contributed by atoms with Crippen LogP contribution in [-0.2, 0) is 10.0 Å². The molecule has 8 nitrogen and oxygen atoms in total. The number of nitrogens with one attached hydrogen (secondary N) is 1. The van der Waals surface area contributed by atoms with Gasteiger partial charge in [-0.15, -0.1) is 0 Å². The standard InChI is InChI=1S/C30H33FN2O6S/c1-18(32-40(3,38)39)15-33-16-25(29(36)20-7-4-9-22(34)13-20)28(24-11-6-12-27(31)19(24)2)26(17-33)30(37)21-8-5-10-23(35)14-21/h4-14,18,25-26,28,32,34-35H,15-17H2,1-3H3/t18-,25-,26-/m0/s1. The van der Waals surface area contributed by atoms with E-state index in [0.29, 0.717) is 11.1 Å². The molecule has 4 rings (SSSR count). The molecule has 0 amide bonds. The van der Waals surface area contributed by atoms with E-state index < -0.39 is 39.6 Å². The Balaban J connectivity index is 1.85. The van der Waals surface area contributed by atoms with Crippen LogP contribution in [-0.4, -0.2) is 67.0 Å². The van der Waals surface area contributed by atoms with Crippen molar-refractivity contribution in [1.29, 1.82) is 0 Å². The van der Waals surface area contributed by atoms with Crippen molar-refractivity contribution >= 4 is 21.6 Å². The monoisotopic (exact) mass is 568 g/mol. The van der Waals surface area contributed by atoms with E-state index in [1.165, 1.54) is 30.3 Å². The van der Waals surface area contributed by atoms with Gasteiger partial charge in [0.15, 0.2) is 11.6 Å². The first-order chi connectivity index (χ1) is 18.8. The highest BCUT2D eigenvalue weighted by molar-refractivity contribution is 7.88. The molecule has 0 aliphatic carbocycles. The lowest BCUT2D eigenvalue weighted by Gasteiger charge is -2.44. The molecule has 3 atom stereocenters. The molecule has 3 aromatic rings. The van der Waals surface area contributed by atoms with E-state index in [1.54, 1.807) is 50.2 Å². The summed E-state index contributed by atoms with van der Waals surface area (Å²) in [5, 5.41) is 20.1. The van der Waals surface area contributed by atoms with E-state index in [2.05, 4.69) is 4.72 Å². The minimum absolute atomic E-state index is 0.0876. The van der Waals surface area contributed by atoms with Gasteiger partial charge in [-0.1, -0.05) is 36.4 Å². The van der Waals surface area contributed by atoms with E-state index >= 15 is 0 Å². The predicted molar refractivity (Wildman–Crippen MR) is 150 cm³/mol. The second kappa shape index (κ2) is 11.9. The molecule has 0 saturated carbocycles. The Morgan fingerprint density at radius 3 is 1.93 bits per heavy atom. The number of benzene rings is 3. The van der Waals surface area contributed by atoms with Crippen LogP contribution < -0.4 is 4.72 Å². The summed E-state index contributed by atoms with van der Waals surface area (Å²) < 4.78 is 41.1. The number of nitrogens with zero attached hydrogens (tertiary/aromatic N) is 1. The maximum Gasteiger partial charge on any atom is 0.208 e. The molecule has 3 aromatic carbocycles. The molecular formula is C30H33FN2O6S. The molecule has 1 aliphatic rings. The average molecular weight is 569 g/mol. The number of piperidine rings is 1. The lowest BCUT2D eigenvalue weighted by atomic mass is 9.67. The summed E-state index contributed by atoms with van der Waals surface area (Å²) in [5.41, 5.74) is 1.35. The number of hydrogen-bond acceptors (Lipinski definition) is 7. The van der Waals surface area contributed by atoms with Crippen LogP contribution in [0.15, 0.2) is 66.7 Å². The number of sulfonamides is 1. The highest BCUT2D eigenvalue weighted by Crippen LogP contribution is 2.42. The number of Topliss-reactive ketones (excluding diaryl/α,β-unsaturated/α-hetero) is 2. The summed E-state index contributed by atoms with van der Waals surface area (Å²) in [6, 6.07) is 16.0. The van der Waals surface area contributed by atoms with Gasteiger partial charge in [-0.2, -0.15) is 0 Å². The molecule has 1 fully saturated rings. The molecule has 0 unspecified atom stereocenters. The number of phenols is 2. The zero-order valence-corrected chi connectivity index (χ0v) is 23.4. The van der Waals surface area contributed by atoms with Crippen LogP contribution in [0.1, 0.15) is 44.7 Å². The molecule has 1 heterocycles. The van der Waals surface area contributed by atoms with E-state index in [4.69, 9.17) is 0 Å². The van der Waals surface area contributed by atoms with Crippen LogP contribution in [0.3, 0.4) is 0 Å². The third kappa shape index (κ3) is 6.75. The van der Waals surface area contributed by atoms with Gasteiger partial charge < -0.3 is 15.1 Å². The molecule has 3 N–H and O–H groups in total. The van der Waals surface area contributed by atoms with Crippen molar-refractivity contribution in [2.45, 2.75) is 25.8 Å². The fraction of sp³-hybridized carbons (Fsp3) is 0.333. The summed E-state index contributed by atoms with van der Waals surface area (Å²) in [5.74, 6) is -3.67. The van der Waals surface area contributed by atoms with Gasteiger partial charge in [0.1, 0.15) is 17.3 Å². The predicted octanol–water partition coefficient (Wildman–Crippen LogP) is 3.88. The highest BCUT2D eigenvalue weighted by Gasteiger charge is 2.45. The highest BCUT2D eigenvalue weighted by atomic mass is 32.2. The normalized spacial score (nSPS) is 19.3. The smallest absolute Gasteiger partial charge is 0.208 e. The Hall–Kier alpha value is -3.60. The summed E-state index contributed by atoms with van der Waals surface area (Å²) in [6.07, 6.45) is 1.06. The quantitative estimate of drug-likeness (QED) is 0.335. The number of halogens is 1. The Morgan fingerprint density at radius 1 is 0.950 bits per heavy atom. The van der Waals surface area contributed by atoms with Gasteiger partial charge >= 0.3 is 0 Å². The van der Waals surface area contributed by atoms with E-state index in [1.807, 2.05) is 4.90 Å². The molecule has 212 valence electrons. The van der Waals surface area contributed by atoms with E-state index in [0.717, 1.165) is 6.26 Å². The van der Waals surface area contributed by atoms with Crippen molar-refractivity contribution < 1.29 is 32.6 Å². The van der Waals surface area contributed by atoms with Crippen LogP contribution in [0, 0.1) is 24.6 Å². The van der Waals surface area contributed by atoms with Crippen molar-refractivity contribution in [3.63, 3.8) is 0 Å². The summed E-state index contributed by atoms with van der Waals surface area (Å²) in [6.45, 7) is 3.88. The van der Waals surface area contributed by atoms with Crippen LogP contribution in [0.2, 0.25) is 0 Å². The van der Waals surface area contributed by atoms with Gasteiger partial charge in [-0.25, -0.2) is 17.5 Å². The van der Waals surface area contributed by atoms with Crippen molar-refractivity contribution in [2.75, 3.05) is 25.9 Å². The molecule has 1 saturated heterocycles. The number of hydrogen-bond donors (Lipinski definition) is 3. The van der Waals surface area contributed by atoms with Crippen molar-refractivity contribution in [3.05, 3.63) is 94.8 Å². The third-order valence-electron chi connectivity index (χ3n) is 7.33. The molecule has 10 heteroatoms. The second-order valence-corrected chi connectivity index (χ2v) is 12.3. The van der Waals surface area contributed by atoms with Crippen LogP contribution >= 0.6 is 0 Å². The molecule has 0 spiro atoms. The Kier molecular flexibility index (Phi) is 8.72. The maximum atomic E-state index is 14.8. The van der Waals surface area contributed by atoms with Gasteiger partial charge in [0, 0.05) is 54.6 Å². The fourth-order valence-corrected chi connectivity index (χ4v) is 6.54. The number of phenolic OH excluding ortho intramolecular Hbond substituents is 2. The average Bonchev–Trinajstić information content (AvgIpc) is 2.88. The zero-order valence-electron chi connectivity index (χ0n) is 22.5. The van der Waals surface area contributed by atoms with Crippen LogP contribution in [0.5, 0.6) is 11.5 Å². The first-order valence-electron chi connectivity index (χ1n) is 12.9. The number of carbonyl (C=O) groups excluding carboxylic acids is 2. The number of carbonyl (C=O) groups is 2. The molecule has 0 aromatic heterocycles. The molecule has 0 bridgehead atoms. The van der Waals surface area contributed by atoms with Gasteiger partial charge in [0.25, 0.3) is 0 Å². The van der Waals surface area contributed by atoms with Gasteiger partial charge in [-0.05, 0) is 55.3 Å². The molecule has 1 aliphatic heterocycles.